The predicted molar refractivity (Wildman–Crippen MR) is 73.6 cm³/mol. The quantitative estimate of drug-likeness (QED) is 0.905. The van der Waals surface area contributed by atoms with Gasteiger partial charge in [-0.3, -0.25) is 4.79 Å². The van der Waals surface area contributed by atoms with E-state index >= 15 is 0 Å². The zero-order valence-corrected chi connectivity index (χ0v) is 11.6. The van der Waals surface area contributed by atoms with Gasteiger partial charge in [0.25, 0.3) is 5.91 Å². The van der Waals surface area contributed by atoms with Gasteiger partial charge in [-0.05, 0) is 49.4 Å². The number of hydrogen-bond donors (Lipinski definition) is 1. The second-order valence-electron chi connectivity index (χ2n) is 4.95. The number of hydrogen-bond acceptors (Lipinski definition) is 3. The predicted octanol–water partition coefficient (Wildman–Crippen LogP) is 2.16. The highest BCUT2D eigenvalue weighted by Gasteiger charge is 2.15. The first-order valence-electron chi connectivity index (χ1n) is 6.71. The van der Waals surface area contributed by atoms with E-state index in [1.165, 1.54) is 0 Å². The van der Waals surface area contributed by atoms with E-state index in [4.69, 9.17) is 9.47 Å². The second kappa shape index (κ2) is 6.57. The Morgan fingerprint density at radius 1 is 1.42 bits per heavy atom. The van der Waals surface area contributed by atoms with E-state index in [1.54, 1.807) is 13.2 Å². The van der Waals surface area contributed by atoms with Crippen molar-refractivity contribution in [2.75, 3.05) is 26.9 Å². The van der Waals surface area contributed by atoms with Crippen LogP contribution < -0.4 is 10.1 Å². The average molecular weight is 263 g/mol. The molecule has 0 radical (unpaired) electrons. The van der Waals surface area contributed by atoms with Gasteiger partial charge in [0.15, 0.2) is 0 Å². The van der Waals surface area contributed by atoms with Crippen molar-refractivity contribution in [3.8, 4) is 5.75 Å². The van der Waals surface area contributed by atoms with Crippen molar-refractivity contribution in [1.29, 1.82) is 0 Å². The van der Waals surface area contributed by atoms with Crippen LogP contribution in [0, 0.1) is 12.8 Å². The molecule has 1 heterocycles. The molecule has 0 saturated carbocycles. The fourth-order valence-corrected chi connectivity index (χ4v) is 2.31. The van der Waals surface area contributed by atoms with E-state index in [0.29, 0.717) is 11.5 Å². The molecule has 4 nitrogen and oxygen atoms in total. The number of amides is 1. The van der Waals surface area contributed by atoms with Crippen LogP contribution in [0.3, 0.4) is 0 Å². The summed E-state index contributed by atoms with van der Waals surface area (Å²) in [6, 6.07) is 5.49. The fourth-order valence-electron chi connectivity index (χ4n) is 2.31. The Morgan fingerprint density at radius 3 is 2.79 bits per heavy atom. The summed E-state index contributed by atoms with van der Waals surface area (Å²) in [5.41, 5.74) is 1.66. The van der Waals surface area contributed by atoms with Crippen molar-refractivity contribution in [1.82, 2.24) is 5.32 Å². The largest absolute Gasteiger partial charge is 0.496 e. The Hall–Kier alpha value is -1.55. The van der Waals surface area contributed by atoms with E-state index in [0.717, 1.165) is 43.9 Å². The van der Waals surface area contributed by atoms with Gasteiger partial charge in [0.1, 0.15) is 5.75 Å². The molecule has 0 aliphatic carbocycles. The van der Waals surface area contributed by atoms with E-state index in [1.807, 2.05) is 19.1 Å². The highest BCUT2D eigenvalue weighted by molar-refractivity contribution is 5.94. The van der Waals surface area contributed by atoms with E-state index in [2.05, 4.69) is 5.32 Å². The molecule has 1 aliphatic rings. The fraction of sp³-hybridized carbons (Fsp3) is 0.533. The Balaban J connectivity index is 1.90. The van der Waals surface area contributed by atoms with E-state index < -0.39 is 0 Å². The van der Waals surface area contributed by atoms with Crippen molar-refractivity contribution in [2.24, 2.45) is 5.92 Å². The number of carbonyl (C=O) groups is 1. The minimum Gasteiger partial charge on any atom is -0.496 e. The number of ether oxygens (including phenoxy) is 2. The summed E-state index contributed by atoms with van der Waals surface area (Å²) in [6.07, 6.45) is 2.06. The highest BCUT2D eigenvalue weighted by Crippen LogP contribution is 2.18. The molecule has 0 spiro atoms. The molecule has 2 rings (SSSR count). The van der Waals surface area contributed by atoms with Gasteiger partial charge >= 0.3 is 0 Å². The summed E-state index contributed by atoms with van der Waals surface area (Å²) in [5.74, 6) is 1.33. The SMILES string of the molecule is COc1ccc(C(=O)NCC2CCOCC2)cc1C. The van der Waals surface area contributed by atoms with Crippen LogP contribution in [0.5, 0.6) is 5.75 Å². The van der Waals surface area contributed by atoms with Gasteiger partial charge < -0.3 is 14.8 Å². The molecule has 0 atom stereocenters. The van der Waals surface area contributed by atoms with Gasteiger partial charge in [0.2, 0.25) is 0 Å². The number of nitrogens with one attached hydrogen (secondary N) is 1. The van der Waals surface area contributed by atoms with Gasteiger partial charge in [-0.15, -0.1) is 0 Å². The molecule has 1 saturated heterocycles. The molecule has 0 unspecified atom stereocenters. The lowest BCUT2D eigenvalue weighted by Crippen LogP contribution is -2.32. The van der Waals surface area contributed by atoms with Crippen LogP contribution in [-0.4, -0.2) is 32.8 Å². The molecule has 104 valence electrons. The molecule has 0 bridgehead atoms. The van der Waals surface area contributed by atoms with Crippen LogP contribution in [0.25, 0.3) is 0 Å². The monoisotopic (exact) mass is 263 g/mol. The summed E-state index contributed by atoms with van der Waals surface area (Å²) in [7, 11) is 1.63. The summed E-state index contributed by atoms with van der Waals surface area (Å²) in [5, 5.41) is 3.00. The topological polar surface area (TPSA) is 47.6 Å². The molecule has 0 aromatic heterocycles. The van der Waals surface area contributed by atoms with Crippen LogP contribution in [0.2, 0.25) is 0 Å². The van der Waals surface area contributed by atoms with Crippen molar-refractivity contribution >= 4 is 5.91 Å². The molecule has 19 heavy (non-hydrogen) atoms. The number of methoxy groups -OCH3 is 1. The second-order valence-corrected chi connectivity index (χ2v) is 4.95. The Labute approximate surface area is 114 Å². The summed E-state index contributed by atoms with van der Waals surface area (Å²) in [6.45, 7) is 4.28. The van der Waals surface area contributed by atoms with E-state index in [-0.39, 0.29) is 5.91 Å². The average Bonchev–Trinajstić information content (AvgIpc) is 2.45. The minimum absolute atomic E-state index is 0.0164. The van der Waals surface area contributed by atoms with Gasteiger partial charge in [-0.2, -0.15) is 0 Å². The maximum atomic E-state index is 12.1. The van der Waals surface area contributed by atoms with Gasteiger partial charge in [-0.1, -0.05) is 0 Å². The first-order valence-corrected chi connectivity index (χ1v) is 6.71. The van der Waals surface area contributed by atoms with Crippen molar-refractivity contribution in [3.63, 3.8) is 0 Å². The minimum atomic E-state index is -0.0164. The Bertz CT molecular complexity index is 439. The van der Waals surface area contributed by atoms with E-state index in [9.17, 15) is 4.79 Å². The molecule has 1 aromatic rings. The lowest BCUT2D eigenvalue weighted by Gasteiger charge is -2.22. The standard InChI is InChI=1S/C15H21NO3/c1-11-9-13(3-4-14(11)18-2)15(17)16-10-12-5-7-19-8-6-12/h3-4,9,12H,5-8,10H2,1-2H3,(H,16,17). The highest BCUT2D eigenvalue weighted by atomic mass is 16.5. The lowest BCUT2D eigenvalue weighted by atomic mass is 10.0. The summed E-state index contributed by atoms with van der Waals surface area (Å²) in [4.78, 5) is 12.1. The summed E-state index contributed by atoms with van der Waals surface area (Å²) < 4.78 is 10.5. The first kappa shape index (κ1) is 13.9. The summed E-state index contributed by atoms with van der Waals surface area (Å²) >= 11 is 0. The Morgan fingerprint density at radius 2 is 2.16 bits per heavy atom. The lowest BCUT2D eigenvalue weighted by molar-refractivity contribution is 0.0642. The van der Waals surface area contributed by atoms with Crippen molar-refractivity contribution < 1.29 is 14.3 Å². The molecule has 1 N–H and O–H groups in total. The zero-order valence-electron chi connectivity index (χ0n) is 11.6. The number of benzene rings is 1. The normalized spacial score (nSPS) is 16.1. The molecule has 4 heteroatoms. The third kappa shape index (κ3) is 3.70. The number of rotatable bonds is 4. The van der Waals surface area contributed by atoms with Crippen molar-refractivity contribution in [2.45, 2.75) is 19.8 Å². The molecule has 1 amide bonds. The molecule has 1 aliphatic heterocycles. The van der Waals surface area contributed by atoms with Crippen LogP contribution >= 0.6 is 0 Å². The number of carbonyl (C=O) groups excluding carboxylic acids is 1. The van der Waals surface area contributed by atoms with Crippen LogP contribution in [0.1, 0.15) is 28.8 Å². The maximum absolute atomic E-state index is 12.1. The Kier molecular flexibility index (Phi) is 4.80. The van der Waals surface area contributed by atoms with Gasteiger partial charge in [0.05, 0.1) is 7.11 Å². The van der Waals surface area contributed by atoms with Gasteiger partial charge in [-0.25, -0.2) is 0 Å². The van der Waals surface area contributed by atoms with Crippen LogP contribution in [0.15, 0.2) is 18.2 Å². The molecular weight excluding hydrogens is 242 g/mol. The molecule has 1 aromatic carbocycles. The zero-order chi connectivity index (χ0) is 13.7. The smallest absolute Gasteiger partial charge is 0.251 e. The third-order valence-electron chi connectivity index (χ3n) is 3.55. The van der Waals surface area contributed by atoms with Crippen molar-refractivity contribution in [3.05, 3.63) is 29.3 Å². The number of aryl methyl sites for hydroxylation is 1. The molecule has 1 fully saturated rings. The van der Waals surface area contributed by atoms with Gasteiger partial charge in [0, 0.05) is 25.3 Å². The van der Waals surface area contributed by atoms with Crippen LogP contribution in [-0.2, 0) is 4.74 Å². The van der Waals surface area contributed by atoms with Crippen LogP contribution in [0.4, 0.5) is 0 Å². The molecular formula is C15H21NO3. The first-order chi connectivity index (χ1) is 9.20. The maximum Gasteiger partial charge on any atom is 0.251 e. The third-order valence-corrected chi connectivity index (χ3v) is 3.55.